The highest BCUT2D eigenvalue weighted by Gasteiger charge is 2.39. The van der Waals surface area contributed by atoms with E-state index in [1.165, 1.54) is 4.90 Å². The van der Waals surface area contributed by atoms with E-state index in [-0.39, 0.29) is 73.2 Å². The van der Waals surface area contributed by atoms with Crippen LogP contribution in [0.15, 0.2) is 73.1 Å². The first-order valence-corrected chi connectivity index (χ1v) is 19.1. The molecule has 3 aliphatic rings. The van der Waals surface area contributed by atoms with Gasteiger partial charge < -0.3 is 39.8 Å². The molecule has 2 aliphatic heterocycles. The average molecular weight is 760 g/mol. The number of nitrogens with one attached hydrogen (secondary N) is 2. The first-order valence-electron chi connectivity index (χ1n) is 18.6. The van der Waals surface area contributed by atoms with Gasteiger partial charge in [-0.1, -0.05) is 55.5 Å². The number of phenolic OH excluding ortho intramolecular Hbond substituents is 2. The predicted octanol–water partition coefficient (Wildman–Crippen LogP) is 6.90. The Morgan fingerprint density at radius 3 is 1.91 bits per heavy atom. The van der Waals surface area contributed by atoms with Crippen LogP contribution < -0.4 is 9.80 Å². The van der Waals surface area contributed by atoms with Crippen molar-refractivity contribution in [3.05, 3.63) is 106 Å². The number of halogens is 1. The van der Waals surface area contributed by atoms with Crippen molar-refractivity contribution in [1.29, 1.82) is 0 Å². The number of nitrogens with zero attached hydrogens (tertiary/aromatic N) is 3. The number of carbonyl (C=O) groups is 2. The van der Waals surface area contributed by atoms with Gasteiger partial charge in [-0.15, -0.1) is 11.6 Å². The lowest BCUT2D eigenvalue weighted by atomic mass is 9.97. The molecule has 3 unspecified atom stereocenters. The summed E-state index contributed by atoms with van der Waals surface area (Å²) in [5.41, 5.74) is 10.5. The number of ether oxygens (including phenoxy) is 1. The number of aromatic amines is 2. The zero-order valence-electron chi connectivity index (χ0n) is 30.8. The number of H-pyrrole nitrogens is 2. The Balaban J connectivity index is 1.03. The minimum atomic E-state index is -1.62. The van der Waals surface area contributed by atoms with Crippen molar-refractivity contribution < 1.29 is 29.6 Å². The number of phenols is 2. The maximum atomic E-state index is 14.4. The van der Waals surface area contributed by atoms with Crippen LogP contribution in [0.5, 0.6) is 11.5 Å². The summed E-state index contributed by atoms with van der Waals surface area (Å²) in [6, 6.07) is 19.4. The first kappa shape index (κ1) is 35.4. The van der Waals surface area contributed by atoms with E-state index in [1.54, 1.807) is 21.9 Å². The quantitative estimate of drug-likeness (QED) is 0.0797. The number of aryl methyl sites for hydroxylation is 2. The fourth-order valence-electron chi connectivity index (χ4n) is 9.24. The zero-order valence-corrected chi connectivity index (χ0v) is 31.5. The number of carbonyl (C=O) groups excluding carboxylic acids is 2. The van der Waals surface area contributed by atoms with Gasteiger partial charge in [0.25, 0.3) is 0 Å². The lowest BCUT2D eigenvalue weighted by Gasteiger charge is -2.31. The van der Waals surface area contributed by atoms with E-state index in [4.69, 9.17) is 16.3 Å². The van der Waals surface area contributed by atoms with Crippen molar-refractivity contribution in [3.63, 3.8) is 0 Å². The summed E-state index contributed by atoms with van der Waals surface area (Å²) in [7, 11) is 0. The monoisotopic (exact) mass is 759 g/mol. The number of alkyl halides is 1. The molecule has 282 valence electrons. The molecule has 5 N–H and O–H groups in total. The third-order valence-electron chi connectivity index (χ3n) is 11.8. The Bertz CT molecular complexity index is 2480. The number of amides is 2. The second kappa shape index (κ2) is 13.5. The summed E-state index contributed by atoms with van der Waals surface area (Å²) in [6.07, 6.45) is 2.04. The van der Waals surface area contributed by atoms with Crippen molar-refractivity contribution in [2.45, 2.75) is 44.9 Å². The molecule has 0 radical (unpaired) electrons. The average Bonchev–Trinajstić information content (AvgIpc) is 3.99. The van der Waals surface area contributed by atoms with Crippen molar-refractivity contribution in [2.24, 2.45) is 0 Å². The Labute approximate surface area is 322 Å². The molecule has 4 heterocycles. The molecular formula is C43H42ClN5O6. The molecule has 0 fully saturated rings. The SMILES string of the molecule is Cc1c[nH]c2c(O)cc3c(c12)C(C)CN3C(=O)CN(CC(=O)N1CC(CCl)c2c1cc(O)c1[nH]cc(C)c21)C(O)OCC1c2ccccc2-c2ccccc21. The third-order valence-corrected chi connectivity index (χ3v) is 12.2. The number of hydrogen-bond acceptors (Lipinski definition) is 7. The summed E-state index contributed by atoms with van der Waals surface area (Å²) < 4.78 is 6.23. The van der Waals surface area contributed by atoms with Crippen LogP contribution in [0, 0.1) is 13.8 Å². The number of rotatable bonds is 9. The number of aromatic hydroxyl groups is 2. The summed E-state index contributed by atoms with van der Waals surface area (Å²) in [5, 5.41) is 35.5. The van der Waals surface area contributed by atoms with Crippen LogP contribution >= 0.6 is 11.6 Å². The van der Waals surface area contributed by atoms with Gasteiger partial charge >= 0.3 is 0 Å². The fourth-order valence-corrected chi connectivity index (χ4v) is 9.50. The highest BCUT2D eigenvalue weighted by molar-refractivity contribution is 6.19. The molecule has 0 bridgehead atoms. The van der Waals surface area contributed by atoms with Crippen molar-refractivity contribution in [3.8, 4) is 22.6 Å². The van der Waals surface area contributed by atoms with E-state index in [9.17, 15) is 24.9 Å². The number of anilines is 2. The Hall–Kier alpha value is -5.33. The molecule has 0 saturated carbocycles. The van der Waals surface area contributed by atoms with Gasteiger partial charge in [0.1, 0.15) is 11.5 Å². The molecule has 0 saturated heterocycles. The minimum absolute atomic E-state index is 0.0132. The molecule has 9 rings (SSSR count). The maximum absolute atomic E-state index is 14.4. The highest BCUT2D eigenvalue weighted by Crippen LogP contribution is 2.48. The fraction of sp³-hybridized carbons (Fsp3) is 0.302. The molecule has 0 spiro atoms. The predicted molar refractivity (Wildman–Crippen MR) is 213 cm³/mol. The van der Waals surface area contributed by atoms with Gasteiger partial charge in [-0.3, -0.25) is 9.59 Å². The van der Waals surface area contributed by atoms with Crippen LogP contribution in [0.4, 0.5) is 11.4 Å². The number of aliphatic hydroxyl groups is 1. The smallest absolute Gasteiger partial charge is 0.241 e. The normalized spacial score (nSPS) is 18.0. The van der Waals surface area contributed by atoms with Crippen LogP contribution in [0.3, 0.4) is 0 Å². The minimum Gasteiger partial charge on any atom is -0.506 e. The second-order valence-corrected chi connectivity index (χ2v) is 15.5. The number of aromatic nitrogens is 2. The van der Waals surface area contributed by atoms with Crippen molar-refractivity contribution >= 4 is 56.6 Å². The van der Waals surface area contributed by atoms with Crippen LogP contribution in [0.25, 0.3) is 32.9 Å². The van der Waals surface area contributed by atoms with Crippen molar-refractivity contribution in [2.75, 3.05) is 48.5 Å². The number of aliphatic hydroxyl groups excluding tert-OH is 1. The van der Waals surface area contributed by atoms with E-state index < -0.39 is 6.41 Å². The molecular weight excluding hydrogens is 718 g/mol. The highest BCUT2D eigenvalue weighted by atomic mass is 35.5. The van der Waals surface area contributed by atoms with E-state index in [0.717, 1.165) is 55.3 Å². The number of benzene rings is 4. The first-order chi connectivity index (χ1) is 26.5. The Morgan fingerprint density at radius 2 is 1.35 bits per heavy atom. The van der Waals surface area contributed by atoms with Crippen molar-refractivity contribution in [1.82, 2.24) is 14.9 Å². The Morgan fingerprint density at radius 1 is 0.836 bits per heavy atom. The number of fused-ring (bicyclic) bond motifs is 9. The molecule has 4 aromatic carbocycles. The number of hydrogen-bond donors (Lipinski definition) is 5. The van der Waals surface area contributed by atoms with Crippen LogP contribution in [0.2, 0.25) is 0 Å². The summed E-state index contributed by atoms with van der Waals surface area (Å²) in [4.78, 5) is 39.6. The topological polar surface area (TPSA) is 145 Å². The van der Waals surface area contributed by atoms with Gasteiger partial charge in [0.2, 0.25) is 18.2 Å². The van der Waals surface area contributed by atoms with Gasteiger partial charge in [0.05, 0.1) is 42.1 Å². The van der Waals surface area contributed by atoms with Gasteiger partial charge in [-0.25, -0.2) is 4.90 Å². The molecule has 11 nitrogen and oxygen atoms in total. The molecule has 2 amide bonds. The zero-order chi connectivity index (χ0) is 38.3. The summed E-state index contributed by atoms with van der Waals surface area (Å²) in [5.74, 6) is -0.810. The lowest BCUT2D eigenvalue weighted by molar-refractivity contribution is -0.195. The molecule has 3 atom stereocenters. The van der Waals surface area contributed by atoms with Gasteiger partial charge in [-0.05, 0) is 58.4 Å². The second-order valence-electron chi connectivity index (χ2n) is 15.2. The molecule has 2 aromatic heterocycles. The molecule has 1 aliphatic carbocycles. The Kier molecular flexibility index (Phi) is 8.65. The molecule has 6 aromatic rings. The van der Waals surface area contributed by atoms with E-state index in [0.29, 0.717) is 29.0 Å². The van der Waals surface area contributed by atoms with E-state index >= 15 is 0 Å². The maximum Gasteiger partial charge on any atom is 0.241 e. The third kappa shape index (κ3) is 5.59. The largest absolute Gasteiger partial charge is 0.506 e. The van der Waals surface area contributed by atoms with E-state index in [2.05, 4.69) is 34.2 Å². The van der Waals surface area contributed by atoms with E-state index in [1.807, 2.05) is 57.4 Å². The molecule has 12 heteroatoms. The molecule has 55 heavy (non-hydrogen) atoms. The lowest BCUT2D eigenvalue weighted by Crippen LogP contribution is -2.50. The van der Waals surface area contributed by atoms with Crippen LogP contribution in [0.1, 0.15) is 58.1 Å². The van der Waals surface area contributed by atoms with Crippen LogP contribution in [-0.2, 0) is 14.3 Å². The van der Waals surface area contributed by atoms with Gasteiger partial charge in [0, 0.05) is 72.0 Å². The van der Waals surface area contributed by atoms with Crippen LogP contribution in [-0.4, -0.2) is 87.1 Å². The van der Waals surface area contributed by atoms with Gasteiger partial charge in [-0.2, -0.15) is 0 Å². The standard InChI is InChI=1S/C43H42ClN5O6/c1-22-15-45-41-33(50)12-31-37(38(22)41)24(3)17-48(31)35(52)19-47(43(54)55-21-30-28-10-6-4-8-26(28)27-9-5-7-11-29(27)30)20-36(53)49-18-25(14-44)40-32(49)13-34(51)42-39(40)23(2)16-46-42/h4-13,15-16,24-25,30,43,45-46,50-51,54H,14,17-21H2,1-3H3. The summed E-state index contributed by atoms with van der Waals surface area (Å²) >= 11 is 6.49. The van der Waals surface area contributed by atoms with Gasteiger partial charge in [0.15, 0.2) is 0 Å². The summed E-state index contributed by atoms with van der Waals surface area (Å²) in [6.45, 7) is 6.00.